The van der Waals surface area contributed by atoms with E-state index in [1.165, 1.54) is 5.56 Å². The largest absolute Gasteiger partial charge is 0.314 e. The highest BCUT2D eigenvalue weighted by Crippen LogP contribution is 2.38. The smallest absolute Gasteiger partial charge is 0.123 e. The van der Waals surface area contributed by atoms with Crippen LogP contribution in [0.2, 0.25) is 0 Å². The Morgan fingerprint density at radius 3 is 2.20 bits per heavy atom. The molecule has 0 atom stereocenters. The number of hydrogen-bond acceptors (Lipinski definition) is 3. The summed E-state index contributed by atoms with van der Waals surface area (Å²) in [5.41, 5.74) is 1.39. The van der Waals surface area contributed by atoms with Crippen LogP contribution >= 0.6 is 0 Å². The topological polar surface area (TPSA) is 18.5 Å². The van der Waals surface area contributed by atoms with E-state index in [1.54, 1.807) is 12.1 Å². The van der Waals surface area contributed by atoms with Gasteiger partial charge in [-0.1, -0.05) is 12.1 Å². The number of hydrogen-bond donors (Lipinski definition) is 1. The van der Waals surface area contributed by atoms with Crippen LogP contribution < -0.4 is 5.32 Å². The molecule has 3 rings (SSSR count). The van der Waals surface area contributed by atoms with Crippen molar-refractivity contribution < 1.29 is 4.39 Å². The fourth-order valence-corrected chi connectivity index (χ4v) is 3.63. The third-order valence-electron chi connectivity index (χ3n) is 4.92. The van der Waals surface area contributed by atoms with Crippen molar-refractivity contribution in [1.29, 1.82) is 0 Å². The lowest BCUT2D eigenvalue weighted by Crippen LogP contribution is -2.58. The number of likely N-dealkylation sites (tertiary alicyclic amines) is 1. The van der Waals surface area contributed by atoms with Gasteiger partial charge in [0.05, 0.1) is 0 Å². The molecule has 4 heteroatoms. The molecule has 110 valence electrons. The summed E-state index contributed by atoms with van der Waals surface area (Å²) >= 11 is 0. The Balaban J connectivity index is 1.92. The van der Waals surface area contributed by atoms with Crippen molar-refractivity contribution in [3.05, 3.63) is 35.6 Å². The molecule has 0 saturated carbocycles. The number of rotatable bonds is 2. The van der Waals surface area contributed by atoms with Gasteiger partial charge < -0.3 is 10.2 Å². The molecule has 2 heterocycles. The summed E-state index contributed by atoms with van der Waals surface area (Å²) in [6.07, 6.45) is 2.27. The number of halogens is 1. The standard InChI is InChI=1S/C16H24FN3/c1-19-10-6-16(7-11-19,20-12-8-18-9-13-20)14-2-4-15(17)5-3-14/h2-5,18H,6-13H2,1H3. The van der Waals surface area contributed by atoms with Crippen molar-refractivity contribution >= 4 is 0 Å². The average molecular weight is 277 g/mol. The molecular weight excluding hydrogens is 253 g/mol. The van der Waals surface area contributed by atoms with E-state index >= 15 is 0 Å². The van der Waals surface area contributed by atoms with Crippen LogP contribution in [-0.4, -0.2) is 56.1 Å². The molecule has 0 bridgehead atoms. The van der Waals surface area contributed by atoms with Crippen molar-refractivity contribution in [3.8, 4) is 0 Å². The lowest BCUT2D eigenvalue weighted by atomic mass is 9.79. The molecule has 2 aliphatic rings. The maximum absolute atomic E-state index is 13.3. The van der Waals surface area contributed by atoms with Gasteiger partial charge in [-0.25, -0.2) is 4.39 Å². The second-order valence-electron chi connectivity index (χ2n) is 6.08. The van der Waals surface area contributed by atoms with Gasteiger partial charge in [-0.15, -0.1) is 0 Å². The number of nitrogens with zero attached hydrogens (tertiary/aromatic N) is 2. The van der Waals surface area contributed by atoms with Crippen molar-refractivity contribution in [3.63, 3.8) is 0 Å². The van der Waals surface area contributed by atoms with Gasteiger partial charge in [-0.3, -0.25) is 4.90 Å². The van der Waals surface area contributed by atoms with Gasteiger partial charge >= 0.3 is 0 Å². The van der Waals surface area contributed by atoms with E-state index in [1.807, 2.05) is 12.1 Å². The van der Waals surface area contributed by atoms with Crippen LogP contribution in [0.5, 0.6) is 0 Å². The van der Waals surface area contributed by atoms with Gasteiger partial charge in [0.1, 0.15) is 5.82 Å². The maximum Gasteiger partial charge on any atom is 0.123 e. The zero-order valence-corrected chi connectivity index (χ0v) is 12.2. The molecule has 20 heavy (non-hydrogen) atoms. The van der Waals surface area contributed by atoms with Gasteiger partial charge in [0.15, 0.2) is 0 Å². The van der Waals surface area contributed by atoms with Crippen LogP contribution in [0.3, 0.4) is 0 Å². The second kappa shape index (κ2) is 5.80. The molecule has 0 radical (unpaired) electrons. The second-order valence-corrected chi connectivity index (χ2v) is 6.08. The molecule has 1 aromatic rings. The van der Waals surface area contributed by atoms with Crippen LogP contribution in [0.25, 0.3) is 0 Å². The van der Waals surface area contributed by atoms with Crippen molar-refractivity contribution in [2.24, 2.45) is 0 Å². The van der Waals surface area contributed by atoms with Crippen LogP contribution in [-0.2, 0) is 5.54 Å². The molecule has 2 aliphatic heterocycles. The van der Waals surface area contributed by atoms with E-state index < -0.39 is 0 Å². The van der Waals surface area contributed by atoms with E-state index in [9.17, 15) is 4.39 Å². The van der Waals surface area contributed by atoms with Crippen LogP contribution in [0.1, 0.15) is 18.4 Å². The minimum atomic E-state index is -0.142. The summed E-state index contributed by atoms with van der Waals surface area (Å²) < 4.78 is 13.3. The summed E-state index contributed by atoms with van der Waals surface area (Å²) in [5, 5.41) is 3.43. The summed E-state index contributed by atoms with van der Waals surface area (Å²) in [5.74, 6) is -0.142. The highest BCUT2D eigenvalue weighted by molar-refractivity contribution is 5.26. The third kappa shape index (κ3) is 2.60. The Labute approximate surface area is 120 Å². The summed E-state index contributed by atoms with van der Waals surface area (Å²) in [4.78, 5) is 5.01. The lowest BCUT2D eigenvalue weighted by molar-refractivity contribution is 0.0154. The highest BCUT2D eigenvalue weighted by atomic mass is 19.1. The van der Waals surface area contributed by atoms with Gasteiger partial charge in [-0.2, -0.15) is 0 Å². The third-order valence-corrected chi connectivity index (χ3v) is 4.92. The molecule has 1 aromatic carbocycles. The Kier molecular flexibility index (Phi) is 4.06. The van der Waals surface area contributed by atoms with E-state index in [2.05, 4.69) is 22.2 Å². The van der Waals surface area contributed by atoms with Gasteiger partial charge in [0.2, 0.25) is 0 Å². The molecule has 2 saturated heterocycles. The fourth-order valence-electron chi connectivity index (χ4n) is 3.63. The molecule has 3 nitrogen and oxygen atoms in total. The van der Waals surface area contributed by atoms with Crippen LogP contribution in [0.15, 0.2) is 24.3 Å². The van der Waals surface area contributed by atoms with E-state index in [-0.39, 0.29) is 11.4 Å². The average Bonchev–Trinajstić information content (AvgIpc) is 2.50. The first-order valence-corrected chi connectivity index (χ1v) is 7.61. The minimum Gasteiger partial charge on any atom is -0.314 e. The molecule has 0 aliphatic carbocycles. The Morgan fingerprint density at radius 2 is 1.60 bits per heavy atom. The predicted octanol–water partition coefficient (Wildman–Crippen LogP) is 1.65. The maximum atomic E-state index is 13.3. The number of piperidine rings is 1. The number of piperazine rings is 1. The van der Waals surface area contributed by atoms with Crippen LogP contribution in [0.4, 0.5) is 4.39 Å². The SMILES string of the molecule is CN1CCC(c2ccc(F)cc2)(N2CCNCC2)CC1. The predicted molar refractivity (Wildman–Crippen MR) is 79.3 cm³/mol. The number of nitrogens with one attached hydrogen (secondary N) is 1. The first-order valence-electron chi connectivity index (χ1n) is 7.61. The quantitative estimate of drug-likeness (QED) is 0.887. The van der Waals surface area contributed by atoms with E-state index in [4.69, 9.17) is 0 Å². The zero-order chi connectivity index (χ0) is 14.0. The molecule has 2 fully saturated rings. The van der Waals surface area contributed by atoms with Crippen molar-refractivity contribution in [1.82, 2.24) is 15.1 Å². The molecule has 0 aromatic heterocycles. The zero-order valence-electron chi connectivity index (χ0n) is 12.2. The molecule has 0 spiro atoms. The monoisotopic (exact) mass is 277 g/mol. The Morgan fingerprint density at radius 1 is 1.00 bits per heavy atom. The number of benzene rings is 1. The molecule has 0 unspecified atom stereocenters. The van der Waals surface area contributed by atoms with Gasteiger partial charge in [0.25, 0.3) is 0 Å². The molecule has 1 N–H and O–H groups in total. The minimum absolute atomic E-state index is 0.0995. The van der Waals surface area contributed by atoms with Crippen molar-refractivity contribution in [2.75, 3.05) is 46.3 Å². The Hall–Kier alpha value is -0.970. The normalized spacial score (nSPS) is 24.7. The van der Waals surface area contributed by atoms with Gasteiger partial charge in [-0.05, 0) is 50.7 Å². The van der Waals surface area contributed by atoms with Crippen LogP contribution in [0, 0.1) is 5.82 Å². The van der Waals surface area contributed by atoms with E-state index in [0.29, 0.717) is 0 Å². The van der Waals surface area contributed by atoms with Crippen molar-refractivity contribution in [2.45, 2.75) is 18.4 Å². The highest BCUT2D eigenvalue weighted by Gasteiger charge is 2.40. The summed E-state index contributed by atoms with van der Waals surface area (Å²) in [6.45, 7) is 6.50. The summed E-state index contributed by atoms with van der Waals surface area (Å²) in [7, 11) is 2.19. The Bertz CT molecular complexity index is 432. The first-order chi connectivity index (χ1) is 9.71. The molecule has 0 amide bonds. The summed E-state index contributed by atoms with van der Waals surface area (Å²) in [6, 6.07) is 7.20. The van der Waals surface area contributed by atoms with Gasteiger partial charge in [0, 0.05) is 31.7 Å². The van der Waals surface area contributed by atoms with E-state index in [0.717, 1.165) is 52.1 Å². The first kappa shape index (κ1) is 14.0. The fraction of sp³-hybridized carbons (Fsp3) is 0.625. The lowest BCUT2D eigenvalue weighted by Gasteiger charge is -2.50. The molecular formula is C16H24FN3.